The molecule has 1 heterocycles. The van der Waals surface area contributed by atoms with Gasteiger partial charge in [0.15, 0.2) is 11.5 Å². The number of para-hydroxylation sites is 1. The average Bonchev–Trinajstić information content (AvgIpc) is 3.02. The zero-order valence-electron chi connectivity index (χ0n) is 17.3. The number of anilines is 1. The Balaban J connectivity index is 1.76. The van der Waals surface area contributed by atoms with Crippen LogP contribution in [-0.2, 0) is 9.59 Å². The van der Waals surface area contributed by atoms with Gasteiger partial charge in [-0.25, -0.2) is 0 Å². The Labute approximate surface area is 189 Å². The number of methoxy groups -OCH3 is 1. The van der Waals surface area contributed by atoms with Crippen LogP contribution in [0.1, 0.15) is 12.5 Å². The van der Waals surface area contributed by atoms with Crippen molar-refractivity contribution in [2.24, 2.45) is 0 Å². The number of carbonyl (C=O) groups excluding carboxylic acids is 3. The highest BCUT2D eigenvalue weighted by Gasteiger charge is 2.36. The van der Waals surface area contributed by atoms with Gasteiger partial charge in [0.25, 0.3) is 11.1 Å². The van der Waals surface area contributed by atoms with Crippen molar-refractivity contribution in [3.63, 3.8) is 0 Å². The van der Waals surface area contributed by atoms with E-state index in [9.17, 15) is 14.4 Å². The summed E-state index contributed by atoms with van der Waals surface area (Å²) in [7, 11) is 1.53. The van der Waals surface area contributed by atoms with E-state index in [4.69, 9.17) is 9.47 Å². The molecular weight excluding hydrogens is 436 g/mol. The van der Waals surface area contributed by atoms with Crippen LogP contribution in [0.25, 0.3) is 6.08 Å². The van der Waals surface area contributed by atoms with Gasteiger partial charge in [-0.3, -0.25) is 19.3 Å². The van der Waals surface area contributed by atoms with E-state index in [1.807, 2.05) is 31.4 Å². The number of hydrogen-bond donors (Lipinski definition) is 1. The normalized spacial score (nSPS) is 14.8. The molecule has 2 aromatic rings. The summed E-state index contributed by atoms with van der Waals surface area (Å²) in [5.41, 5.74) is 1.22. The van der Waals surface area contributed by atoms with Gasteiger partial charge in [0, 0.05) is 16.1 Å². The fourth-order valence-electron chi connectivity index (χ4n) is 2.93. The molecule has 2 aromatic carbocycles. The molecule has 0 radical (unpaired) electrons. The molecule has 0 bridgehead atoms. The molecule has 1 aliphatic heterocycles. The lowest BCUT2D eigenvalue weighted by molar-refractivity contribution is -0.127. The molecular formula is C22H22N2O5S2. The zero-order valence-corrected chi connectivity index (χ0v) is 19.0. The fourth-order valence-corrected chi connectivity index (χ4v) is 4.22. The van der Waals surface area contributed by atoms with E-state index < -0.39 is 17.1 Å². The van der Waals surface area contributed by atoms with E-state index in [1.54, 1.807) is 42.1 Å². The van der Waals surface area contributed by atoms with Gasteiger partial charge in [-0.2, -0.15) is 0 Å². The van der Waals surface area contributed by atoms with Crippen LogP contribution in [0, 0.1) is 0 Å². The summed E-state index contributed by atoms with van der Waals surface area (Å²) in [4.78, 5) is 39.8. The molecule has 9 heteroatoms. The van der Waals surface area contributed by atoms with Crippen molar-refractivity contribution in [2.45, 2.75) is 11.8 Å². The van der Waals surface area contributed by atoms with Gasteiger partial charge in [-0.15, -0.1) is 11.8 Å². The lowest BCUT2D eigenvalue weighted by atomic mass is 10.1. The van der Waals surface area contributed by atoms with E-state index in [-0.39, 0.29) is 11.4 Å². The molecule has 7 nitrogen and oxygen atoms in total. The highest BCUT2D eigenvalue weighted by atomic mass is 32.2. The first-order valence-corrected chi connectivity index (χ1v) is 11.5. The number of carbonyl (C=O) groups is 3. The molecule has 0 aliphatic carbocycles. The second-order valence-corrected chi connectivity index (χ2v) is 8.23. The van der Waals surface area contributed by atoms with Gasteiger partial charge in [-0.05, 0) is 55.3 Å². The number of nitrogens with one attached hydrogen (secondary N) is 1. The Morgan fingerprint density at radius 2 is 2.00 bits per heavy atom. The van der Waals surface area contributed by atoms with Gasteiger partial charge in [-0.1, -0.05) is 18.2 Å². The van der Waals surface area contributed by atoms with Crippen LogP contribution in [0.3, 0.4) is 0 Å². The SMILES string of the molecule is CCOc1c(/C=C2/SC(=O)N(CC(=O)Nc3cccc(SC)c3)C2=O)cccc1OC. The van der Waals surface area contributed by atoms with Crippen molar-refractivity contribution < 1.29 is 23.9 Å². The van der Waals surface area contributed by atoms with Crippen LogP contribution in [0.4, 0.5) is 10.5 Å². The molecule has 1 fully saturated rings. The smallest absolute Gasteiger partial charge is 0.294 e. The summed E-state index contributed by atoms with van der Waals surface area (Å²) in [6.45, 7) is 1.90. The number of imide groups is 1. The number of rotatable bonds is 8. The maximum absolute atomic E-state index is 12.8. The highest BCUT2D eigenvalue weighted by molar-refractivity contribution is 8.18. The molecule has 0 atom stereocenters. The largest absolute Gasteiger partial charge is 0.493 e. The predicted octanol–water partition coefficient (Wildman–Crippen LogP) is 4.49. The number of thioether (sulfide) groups is 2. The zero-order chi connectivity index (χ0) is 22.4. The minimum atomic E-state index is -0.520. The van der Waals surface area contributed by atoms with Crippen molar-refractivity contribution in [1.82, 2.24) is 4.90 Å². The maximum atomic E-state index is 12.8. The maximum Gasteiger partial charge on any atom is 0.294 e. The average molecular weight is 459 g/mol. The molecule has 162 valence electrons. The Morgan fingerprint density at radius 1 is 1.23 bits per heavy atom. The molecule has 1 saturated heterocycles. The summed E-state index contributed by atoms with van der Waals surface area (Å²) in [5, 5.41) is 2.23. The third-order valence-corrected chi connectivity index (χ3v) is 5.97. The summed E-state index contributed by atoms with van der Waals surface area (Å²) in [5.74, 6) is 0.0545. The lowest BCUT2D eigenvalue weighted by Gasteiger charge is -2.13. The number of amides is 3. The van der Waals surface area contributed by atoms with E-state index in [2.05, 4.69) is 5.32 Å². The summed E-state index contributed by atoms with van der Waals surface area (Å²) in [6, 6.07) is 12.6. The Morgan fingerprint density at radius 3 is 2.71 bits per heavy atom. The van der Waals surface area contributed by atoms with Gasteiger partial charge in [0.2, 0.25) is 5.91 Å². The van der Waals surface area contributed by atoms with E-state index in [0.717, 1.165) is 21.6 Å². The predicted molar refractivity (Wildman–Crippen MR) is 124 cm³/mol. The Bertz CT molecular complexity index is 1040. The standard InChI is InChI=1S/C22H22N2O5S2/c1-4-29-20-14(7-5-10-17(20)28-2)11-18-21(26)24(22(27)31-18)13-19(25)23-15-8-6-9-16(12-15)30-3/h5-12H,4,13H2,1-3H3,(H,23,25)/b18-11+. The van der Waals surface area contributed by atoms with Crippen LogP contribution in [-0.4, -0.2) is 48.5 Å². The van der Waals surface area contributed by atoms with Crippen molar-refractivity contribution in [3.05, 3.63) is 52.9 Å². The molecule has 3 rings (SSSR count). The van der Waals surface area contributed by atoms with Gasteiger partial charge in [0.05, 0.1) is 18.6 Å². The second-order valence-electron chi connectivity index (χ2n) is 6.36. The van der Waals surface area contributed by atoms with Crippen molar-refractivity contribution in [2.75, 3.05) is 31.8 Å². The number of ether oxygens (including phenoxy) is 2. The summed E-state index contributed by atoms with van der Waals surface area (Å²) >= 11 is 2.34. The van der Waals surface area contributed by atoms with Crippen molar-refractivity contribution in [3.8, 4) is 11.5 Å². The molecule has 31 heavy (non-hydrogen) atoms. The quantitative estimate of drug-likeness (QED) is 0.461. The summed E-state index contributed by atoms with van der Waals surface area (Å²) < 4.78 is 11.0. The molecule has 0 saturated carbocycles. The van der Waals surface area contributed by atoms with Crippen molar-refractivity contribution >= 4 is 52.3 Å². The lowest BCUT2D eigenvalue weighted by Crippen LogP contribution is -2.36. The highest BCUT2D eigenvalue weighted by Crippen LogP contribution is 2.37. The van der Waals surface area contributed by atoms with Crippen LogP contribution in [0.2, 0.25) is 0 Å². The van der Waals surface area contributed by atoms with Gasteiger partial charge >= 0.3 is 0 Å². The Kier molecular flexibility index (Phi) is 7.64. The molecule has 1 N–H and O–H groups in total. The number of nitrogens with zero attached hydrogens (tertiary/aromatic N) is 1. The third kappa shape index (κ3) is 5.42. The number of benzene rings is 2. The van der Waals surface area contributed by atoms with Crippen LogP contribution in [0.15, 0.2) is 52.3 Å². The number of hydrogen-bond acceptors (Lipinski definition) is 7. The minimum absolute atomic E-state index is 0.219. The van der Waals surface area contributed by atoms with Crippen LogP contribution >= 0.6 is 23.5 Å². The molecule has 0 aromatic heterocycles. The van der Waals surface area contributed by atoms with Crippen LogP contribution in [0.5, 0.6) is 11.5 Å². The van der Waals surface area contributed by atoms with E-state index in [0.29, 0.717) is 29.4 Å². The molecule has 1 aliphatic rings. The topological polar surface area (TPSA) is 84.9 Å². The molecule has 3 amide bonds. The van der Waals surface area contributed by atoms with E-state index in [1.165, 1.54) is 7.11 Å². The first kappa shape index (κ1) is 22.8. The fraction of sp³-hybridized carbons (Fsp3) is 0.227. The summed E-state index contributed by atoms with van der Waals surface area (Å²) in [6.07, 6.45) is 3.52. The van der Waals surface area contributed by atoms with Crippen LogP contribution < -0.4 is 14.8 Å². The minimum Gasteiger partial charge on any atom is -0.493 e. The van der Waals surface area contributed by atoms with Gasteiger partial charge < -0.3 is 14.8 Å². The van der Waals surface area contributed by atoms with E-state index >= 15 is 0 Å². The Hall–Kier alpha value is -2.91. The monoisotopic (exact) mass is 458 g/mol. The third-order valence-electron chi connectivity index (χ3n) is 4.33. The van der Waals surface area contributed by atoms with Gasteiger partial charge in [0.1, 0.15) is 6.54 Å². The van der Waals surface area contributed by atoms with Crippen molar-refractivity contribution in [1.29, 1.82) is 0 Å². The molecule has 0 unspecified atom stereocenters. The molecule has 0 spiro atoms. The first-order valence-electron chi connectivity index (χ1n) is 9.46. The second kappa shape index (κ2) is 10.4. The first-order chi connectivity index (χ1) is 15.0.